The quantitative estimate of drug-likeness (QED) is 0.802. The highest BCUT2D eigenvalue weighted by atomic mass is 35.5. The van der Waals surface area contributed by atoms with Crippen LogP contribution in [0.15, 0.2) is 53.5 Å². The number of fused-ring (bicyclic) bond motifs is 1. The minimum Gasteiger partial charge on any atom is -0.309 e. The number of carbonyl (C=O) groups is 1. The first-order valence-corrected chi connectivity index (χ1v) is 10.0. The first-order valence-electron chi connectivity index (χ1n) is 9.65. The van der Waals surface area contributed by atoms with Gasteiger partial charge in [0.15, 0.2) is 0 Å². The van der Waals surface area contributed by atoms with Gasteiger partial charge in [0.05, 0.1) is 11.4 Å². The highest BCUT2D eigenvalue weighted by Gasteiger charge is 2.26. The van der Waals surface area contributed by atoms with Crippen molar-refractivity contribution in [2.24, 2.45) is 4.99 Å². The molecule has 1 fully saturated rings. The van der Waals surface area contributed by atoms with Crippen molar-refractivity contribution in [1.82, 2.24) is 4.90 Å². The molecule has 2 aliphatic heterocycles. The molecule has 0 bridgehead atoms. The summed E-state index contributed by atoms with van der Waals surface area (Å²) in [7, 11) is 0. The van der Waals surface area contributed by atoms with Crippen LogP contribution in [0.3, 0.4) is 0 Å². The Kier molecular flexibility index (Phi) is 5.55. The summed E-state index contributed by atoms with van der Waals surface area (Å²) in [6.45, 7) is 4.00. The van der Waals surface area contributed by atoms with Crippen molar-refractivity contribution in [3.05, 3.63) is 64.7 Å². The van der Waals surface area contributed by atoms with Gasteiger partial charge in [0.2, 0.25) is 5.91 Å². The Bertz CT molecular complexity index is 844. The monoisotopic (exact) mass is 381 g/mol. The number of amides is 1. The fourth-order valence-electron chi connectivity index (χ4n) is 3.90. The molecular formula is C22H24ClN3O. The second-order valence-electron chi connectivity index (χ2n) is 7.14. The Balaban J connectivity index is 1.66. The van der Waals surface area contributed by atoms with Crippen LogP contribution < -0.4 is 4.90 Å². The van der Waals surface area contributed by atoms with E-state index in [-0.39, 0.29) is 12.5 Å². The van der Waals surface area contributed by atoms with Crippen molar-refractivity contribution in [3.8, 4) is 0 Å². The van der Waals surface area contributed by atoms with Crippen LogP contribution in [0, 0.1) is 0 Å². The zero-order valence-corrected chi connectivity index (χ0v) is 16.2. The summed E-state index contributed by atoms with van der Waals surface area (Å²) in [5.41, 5.74) is 3.67. The third-order valence-corrected chi connectivity index (χ3v) is 5.55. The predicted octanol–water partition coefficient (Wildman–Crippen LogP) is 4.01. The zero-order chi connectivity index (χ0) is 18.6. The molecule has 0 radical (unpaired) electrons. The SMILES string of the molecule is O=C1CN=C(c2ccccc2)c2cc(Cl)ccc2N1CCN1CCCCC1. The van der Waals surface area contributed by atoms with E-state index >= 15 is 0 Å². The molecule has 2 aromatic rings. The van der Waals surface area contributed by atoms with Crippen LogP contribution >= 0.6 is 11.6 Å². The number of aliphatic imine (C=N–C) groups is 1. The van der Waals surface area contributed by atoms with Crippen LogP contribution in [0.4, 0.5) is 5.69 Å². The fourth-order valence-corrected chi connectivity index (χ4v) is 4.07. The number of rotatable bonds is 4. The van der Waals surface area contributed by atoms with Crippen LogP contribution in [-0.4, -0.2) is 49.2 Å². The summed E-state index contributed by atoms with van der Waals surface area (Å²) in [4.78, 5) is 21.9. The number of hydrogen-bond donors (Lipinski definition) is 0. The van der Waals surface area contributed by atoms with Crippen LogP contribution in [0.2, 0.25) is 5.02 Å². The van der Waals surface area contributed by atoms with Crippen molar-refractivity contribution < 1.29 is 4.79 Å². The van der Waals surface area contributed by atoms with Crippen LogP contribution in [0.1, 0.15) is 30.4 Å². The van der Waals surface area contributed by atoms with Gasteiger partial charge < -0.3 is 9.80 Å². The van der Waals surface area contributed by atoms with E-state index < -0.39 is 0 Å². The van der Waals surface area contributed by atoms with E-state index in [1.54, 1.807) is 0 Å². The molecule has 4 rings (SSSR count). The Hall–Kier alpha value is -2.17. The lowest BCUT2D eigenvalue weighted by atomic mass is 10.00. The highest BCUT2D eigenvalue weighted by molar-refractivity contribution is 6.32. The lowest BCUT2D eigenvalue weighted by molar-refractivity contribution is -0.117. The molecule has 2 aliphatic rings. The first-order chi connectivity index (χ1) is 13.2. The minimum atomic E-state index is 0.0431. The van der Waals surface area contributed by atoms with E-state index in [1.807, 2.05) is 53.4 Å². The fraction of sp³-hybridized carbons (Fsp3) is 0.364. The molecule has 2 heterocycles. The topological polar surface area (TPSA) is 35.9 Å². The summed E-state index contributed by atoms with van der Waals surface area (Å²) in [5, 5.41) is 0.655. The molecule has 0 atom stereocenters. The van der Waals surface area contributed by atoms with Gasteiger partial charge in [-0.25, -0.2) is 0 Å². The van der Waals surface area contributed by atoms with Gasteiger partial charge in [-0.1, -0.05) is 48.4 Å². The number of anilines is 1. The zero-order valence-electron chi connectivity index (χ0n) is 15.4. The molecular weight excluding hydrogens is 358 g/mol. The van der Waals surface area contributed by atoms with Gasteiger partial charge in [-0.15, -0.1) is 0 Å². The van der Waals surface area contributed by atoms with E-state index in [2.05, 4.69) is 9.89 Å². The van der Waals surface area contributed by atoms with Crippen LogP contribution in [0.5, 0.6) is 0 Å². The number of likely N-dealkylation sites (tertiary alicyclic amines) is 1. The van der Waals surface area contributed by atoms with Crippen molar-refractivity contribution >= 4 is 28.9 Å². The predicted molar refractivity (Wildman–Crippen MR) is 111 cm³/mol. The molecule has 0 aliphatic carbocycles. The summed E-state index contributed by atoms with van der Waals surface area (Å²) in [6.07, 6.45) is 3.82. The van der Waals surface area contributed by atoms with E-state index in [0.717, 1.165) is 42.2 Å². The number of hydrogen-bond acceptors (Lipinski definition) is 3. The lowest BCUT2D eigenvalue weighted by Crippen LogP contribution is -2.41. The molecule has 0 aromatic heterocycles. The van der Waals surface area contributed by atoms with Gasteiger partial charge in [0.1, 0.15) is 6.54 Å². The Labute approximate surface area is 165 Å². The maximum absolute atomic E-state index is 12.9. The summed E-state index contributed by atoms with van der Waals surface area (Å²) in [6, 6.07) is 15.7. The van der Waals surface area contributed by atoms with Crippen LogP contribution in [0.25, 0.3) is 0 Å². The normalized spacial score (nSPS) is 18.0. The Morgan fingerprint density at radius 2 is 1.74 bits per heavy atom. The molecule has 5 heteroatoms. The molecule has 0 N–H and O–H groups in total. The van der Waals surface area contributed by atoms with Gasteiger partial charge in [0, 0.05) is 29.2 Å². The number of benzene rings is 2. The first kappa shape index (κ1) is 18.2. The molecule has 4 nitrogen and oxygen atoms in total. The second kappa shape index (κ2) is 8.24. The number of carbonyl (C=O) groups excluding carboxylic acids is 1. The summed E-state index contributed by atoms with van der Waals surface area (Å²) in [5.74, 6) is 0.0431. The van der Waals surface area contributed by atoms with E-state index in [4.69, 9.17) is 11.6 Å². The van der Waals surface area contributed by atoms with Crippen molar-refractivity contribution in [2.75, 3.05) is 37.6 Å². The van der Waals surface area contributed by atoms with Crippen molar-refractivity contribution in [2.45, 2.75) is 19.3 Å². The van der Waals surface area contributed by atoms with Gasteiger partial charge in [0.25, 0.3) is 0 Å². The molecule has 2 aromatic carbocycles. The van der Waals surface area contributed by atoms with E-state index in [1.165, 1.54) is 19.3 Å². The maximum atomic E-state index is 12.9. The minimum absolute atomic E-state index is 0.0431. The van der Waals surface area contributed by atoms with Crippen LogP contribution in [-0.2, 0) is 4.79 Å². The molecule has 1 amide bonds. The second-order valence-corrected chi connectivity index (χ2v) is 7.58. The molecule has 0 saturated carbocycles. The number of benzodiazepines with no additional fused rings is 1. The third-order valence-electron chi connectivity index (χ3n) is 5.31. The number of nitrogens with zero attached hydrogens (tertiary/aromatic N) is 3. The molecule has 0 spiro atoms. The summed E-state index contributed by atoms with van der Waals surface area (Å²) < 4.78 is 0. The smallest absolute Gasteiger partial charge is 0.248 e. The lowest BCUT2D eigenvalue weighted by Gasteiger charge is -2.30. The summed E-state index contributed by atoms with van der Waals surface area (Å²) >= 11 is 6.30. The van der Waals surface area contributed by atoms with Gasteiger partial charge in [-0.2, -0.15) is 0 Å². The average molecular weight is 382 g/mol. The standard InChI is InChI=1S/C22H24ClN3O/c23-18-9-10-20-19(15-18)22(17-7-3-1-4-8-17)24-16-21(27)26(20)14-13-25-11-5-2-6-12-25/h1,3-4,7-10,15H,2,5-6,11-14,16H2. The maximum Gasteiger partial charge on any atom is 0.248 e. The molecule has 27 heavy (non-hydrogen) atoms. The van der Waals surface area contributed by atoms with Gasteiger partial charge in [-0.3, -0.25) is 9.79 Å². The number of piperidine rings is 1. The molecule has 0 unspecified atom stereocenters. The number of halogens is 1. The largest absolute Gasteiger partial charge is 0.309 e. The van der Waals surface area contributed by atoms with Gasteiger partial charge >= 0.3 is 0 Å². The third kappa shape index (κ3) is 4.07. The van der Waals surface area contributed by atoms with Crippen molar-refractivity contribution in [1.29, 1.82) is 0 Å². The van der Waals surface area contributed by atoms with E-state index in [9.17, 15) is 4.79 Å². The van der Waals surface area contributed by atoms with Gasteiger partial charge in [-0.05, 0) is 44.1 Å². The van der Waals surface area contributed by atoms with E-state index in [0.29, 0.717) is 11.6 Å². The van der Waals surface area contributed by atoms with Crippen molar-refractivity contribution in [3.63, 3.8) is 0 Å². The highest BCUT2D eigenvalue weighted by Crippen LogP contribution is 2.29. The molecule has 140 valence electrons. The Morgan fingerprint density at radius 1 is 0.963 bits per heavy atom. The molecule has 1 saturated heterocycles. The average Bonchev–Trinajstić information content (AvgIpc) is 2.84. The Morgan fingerprint density at radius 3 is 2.52 bits per heavy atom.